The fourth-order valence-electron chi connectivity index (χ4n) is 1.09. The van der Waals surface area contributed by atoms with Crippen molar-refractivity contribution in [1.29, 1.82) is 0 Å². The van der Waals surface area contributed by atoms with Gasteiger partial charge in [-0.1, -0.05) is 25.4 Å². The lowest BCUT2D eigenvalue weighted by molar-refractivity contribution is 0.149. The number of nitrogens with one attached hydrogen (secondary N) is 1. The Morgan fingerprint density at radius 2 is 2.27 bits per heavy atom. The summed E-state index contributed by atoms with van der Waals surface area (Å²) in [5, 5.41) is 13.0. The average Bonchev–Trinajstić information content (AvgIpc) is 2.28. The number of halogens is 1. The van der Waals surface area contributed by atoms with Crippen LogP contribution in [0.2, 0.25) is 5.15 Å². The van der Waals surface area contributed by atoms with Crippen LogP contribution in [0, 0.1) is 5.41 Å². The van der Waals surface area contributed by atoms with Crippen molar-refractivity contribution in [2.24, 2.45) is 5.41 Å². The molecule has 3 nitrogen and oxygen atoms in total. The van der Waals surface area contributed by atoms with E-state index in [2.05, 4.69) is 17.2 Å². The SMILES string of the molecule is CCC(C)(CO)CNc1ccc(Cl)nc1. The molecule has 0 amide bonds. The Bertz CT molecular complexity index is 296. The van der Waals surface area contributed by atoms with Gasteiger partial charge in [0.05, 0.1) is 18.5 Å². The molecule has 0 aliphatic carbocycles. The van der Waals surface area contributed by atoms with Gasteiger partial charge in [0.1, 0.15) is 5.15 Å². The van der Waals surface area contributed by atoms with E-state index < -0.39 is 0 Å². The van der Waals surface area contributed by atoms with Gasteiger partial charge in [-0.05, 0) is 18.6 Å². The van der Waals surface area contributed by atoms with Gasteiger partial charge in [-0.3, -0.25) is 0 Å². The molecule has 1 atom stereocenters. The molecular formula is C11H17ClN2O. The molecule has 1 unspecified atom stereocenters. The third kappa shape index (κ3) is 3.68. The molecule has 84 valence electrons. The molecule has 0 aromatic carbocycles. The van der Waals surface area contributed by atoms with E-state index >= 15 is 0 Å². The van der Waals surface area contributed by atoms with Gasteiger partial charge < -0.3 is 10.4 Å². The van der Waals surface area contributed by atoms with Crippen LogP contribution >= 0.6 is 11.6 Å². The minimum atomic E-state index is -0.0837. The summed E-state index contributed by atoms with van der Waals surface area (Å²) < 4.78 is 0. The fourth-order valence-corrected chi connectivity index (χ4v) is 1.20. The van der Waals surface area contributed by atoms with Crippen LogP contribution in [0.5, 0.6) is 0 Å². The molecule has 0 fully saturated rings. The topological polar surface area (TPSA) is 45.1 Å². The zero-order valence-corrected chi connectivity index (χ0v) is 9.88. The fraction of sp³-hybridized carbons (Fsp3) is 0.545. The first-order chi connectivity index (χ1) is 7.09. The standard InChI is InChI=1S/C11H17ClN2O/c1-3-11(2,8-15)7-14-9-4-5-10(12)13-6-9/h4-6,14-15H,3,7-8H2,1-2H3. The van der Waals surface area contributed by atoms with Crippen molar-refractivity contribution in [2.45, 2.75) is 20.3 Å². The number of pyridine rings is 1. The maximum absolute atomic E-state index is 9.23. The molecule has 1 rings (SSSR count). The van der Waals surface area contributed by atoms with Crippen LogP contribution in [-0.4, -0.2) is 23.2 Å². The highest BCUT2D eigenvalue weighted by molar-refractivity contribution is 6.29. The average molecular weight is 229 g/mol. The first-order valence-electron chi connectivity index (χ1n) is 5.06. The van der Waals surface area contributed by atoms with Gasteiger partial charge in [0.25, 0.3) is 0 Å². The van der Waals surface area contributed by atoms with Crippen molar-refractivity contribution in [3.05, 3.63) is 23.5 Å². The maximum atomic E-state index is 9.23. The third-order valence-corrected chi connectivity index (χ3v) is 2.91. The Kier molecular flexibility index (Phi) is 4.36. The predicted octanol–water partition coefficient (Wildman–Crippen LogP) is 2.56. The normalized spacial score (nSPS) is 14.7. The third-order valence-electron chi connectivity index (χ3n) is 2.68. The van der Waals surface area contributed by atoms with Crippen molar-refractivity contribution in [3.63, 3.8) is 0 Å². The lowest BCUT2D eigenvalue weighted by Crippen LogP contribution is -2.29. The molecule has 0 bridgehead atoms. The van der Waals surface area contributed by atoms with Gasteiger partial charge in [-0.25, -0.2) is 4.98 Å². The minimum Gasteiger partial charge on any atom is -0.396 e. The quantitative estimate of drug-likeness (QED) is 0.762. The van der Waals surface area contributed by atoms with Gasteiger partial charge in [-0.15, -0.1) is 0 Å². The van der Waals surface area contributed by atoms with Crippen LogP contribution in [0.4, 0.5) is 5.69 Å². The molecule has 4 heteroatoms. The molecular weight excluding hydrogens is 212 g/mol. The summed E-state index contributed by atoms with van der Waals surface area (Å²) in [6, 6.07) is 3.62. The van der Waals surface area contributed by atoms with Crippen molar-refractivity contribution in [3.8, 4) is 0 Å². The predicted molar refractivity (Wildman–Crippen MR) is 63.2 cm³/mol. The Labute approximate surface area is 95.5 Å². The van der Waals surface area contributed by atoms with Crippen LogP contribution in [0.3, 0.4) is 0 Å². The molecule has 1 heterocycles. The van der Waals surface area contributed by atoms with Crippen molar-refractivity contribution in [2.75, 3.05) is 18.5 Å². The number of hydrogen-bond acceptors (Lipinski definition) is 3. The van der Waals surface area contributed by atoms with E-state index in [-0.39, 0.29) is 12.0 Å². The van der Waals surface area contributed by atoms with E-state index in [4.69, 9.17) is 11.6 Å². The molecule has 0 aliphatic heterocycles. The van der Waals surface area contributed by atoms with Crippen LogP contribution in [0.25, 0.3) is 0 Å². The summed E-state index contributed by atoms with van der Waals surface area (Å²) in [6.45, 7) is 5.02. The van der Waals surface area contributed by atoms with E-state index in [1.54, 1.807) is 12.3 Å². The lowest BCUT2D eigenvalue weighted by Gasteiger charge is -2.26. The molecule has 1 aromatic heterocycles. The van der Waals surface area contributed by atoms with Crippen LogP contribution in [0.1, 0.15) is 20.3 Å². The number of aliphatic hydroxyl groups is 1. The summed E-state index contributed by atoms with van der Waals surface area (Å²) in [5.74, 6) is 0. The largest absolute Gasteiger partial charge is 0.396 e. The summed E-state index contributed by atoms with van der Waals surface area (Å²) in [7, 11) is 0. The minimum absolute atomic E-state index is 0.0837. The molecule has 1 aromatic rings. The maximum Gasteiger partial charge on any atom is 0.129 e. The molecule has 2 N–H and O–H groups in total. The monoisotopic (exact) mass is 228 g/mol. The van der Waals surface area contributed by atoms with E-state index in [0.29, 0.717) is 5.15 Å². The molecule has 0 spiro atoms. The first kappa shape index (κ1) is 12.3. The van der Waals surface area contributed by atoms with Crippen LogP contribution in [0.15, 0.2) is 18.3 Å². The smallest absolute Gasteiger partial charge is 0.129 e. The summed E-state index contributed by atoms with van der Waals surface area (Å²) in [4.78, 5) is 3.97. The highest BCUT2D eigenvalue weighted by Gasteiger charge is 2.20. The van der Waals surface area contributed by atoms with E-state index in [1.807, 2.05) is 13.0 Å². The van der Waals surface area contributed by atoms with E-state index in [9.17, 15) is 5.11 Å². The number of rotatable bonds is 5. The van der Waals surface area contributed by atoms with Gasteiger partial charge >= 0.3 is 0 Å². The molecule has 15 heavy (non-hydrogen) atoms. The van der Waals surface area contributed by atoms with Gasteiger partial charge in [-0.2, -0.15) is 0 Å². The van der Waals surface area contributed by atoms with Crippen molar-refractivity contribution < 1.29 is 5.11 Å². The molecule has 0 saturated heterocycles. The second-order valence-electron chi connectivity index (χ2n) is 4.05. The highest BCUT2D eigenvalue weighted by Crippen LogP contribution is 2.21. The number of anilines is 1. The first-order valence-corrected chi connectivity index (χ1v) is 5.44. The van der Waals surface area contributed by atoms with Crippen LogP contribution in [-0.2, 0) is 0 Å². The molecule has 0 aliphatic rings. The summed E-state index contributed by atoms with van der Waals surface area (Å²) in [5.41, 5.74) is 0.840. The van der Waals surface area contributed by atoms with Crippen LogP contribution < -0.4 is 5.32 Å². The Hall–Kier alpha value is -0.800. The lowest BCUT2D eigenvalue weighted by atomic mass is 9.88. The van der Waals surface area contributed by atoms with Crippen molar-refractivity contribution >= 4 is 17.3 Å². The number of hydrogen-bond donors (Lipinski definition) is 2. The van der Waals surface area contributed by atoms with Gasteiger partial charge in [0.15, 0.2) is 0 Å². The number of nitrogens with zero attached hydrogens (tertiary/aromatic N) is 1. The van der Waals surface area contributed by atoms with Crippen molar-refractivity contribution in [1.82, 2.24) is 4.98 Å². The molecule has 0 radical (unpaired) electrons. The van der Waals surface area contributed by atoms with Gasteiger partial charge in [0.2, 0.25) is 0 Å². The highest BCUT2D eigenvalue weighted by atomic mass is 35.5. The van der Waals surface area contributed by atoms with Gasteiger partial charge in [0, 0.05) is 12.0 Å². The summed E-state index contributed by atoms with van der Waals surface area (Å²) >= 11 is 5.68. The zero-order chi connectivity index (χ0) is 11.3. The number of aliphatic hydroxyl groups excluding tert-OH is 1. The number of aromatic nitrogens is 1. The summed E-state index contributed by atoms with van der Waals surface area (Å²) in [6.07, 6.45) is 2.62. The Morgan fingerprint density at radius 3 is 2.73 bits per heavy atom. The molecule has 0 saturated carbocycles. The second-order valence-corrected chi connectivity index (χ2v) is 4.43. The second kappa shape index (κ2) is 5.33. The Balaban J connectivity index is 2.53. The van der Waals surface area contributed by atoms with E-state index in [1.165, 1.54) is 0 Å². The Morgan fingerprint density at radius 1 is 1.53 bits per heavy atom. The zero-order valence-electron chi connectivity index (χ0n) is 9.13. The van der Waals surface area contributed by atoms with E-state index in [0.717, 1.165) is 18.7 Å².